The minimum Gasteiger partial charge on any atom is -0.477 e. The smallest absolute Gasteiger partial charge is 0.352 e. The number of hydrogen-bond acceptors (Lipinski definition) is 5. The number of aromatic amines is 2. The maximum absolute atomic E-state index is 12.7. The SMILES string of the molecule is CN(C(=O)c1cc(N(C)C(=O)c2cc([N+](=O)[O-])c[nH]2)c[nH]1)c1cc(C(=O)O)n(C)c1. The topological polar surface area (TPSA) is 158 Å². The van der Waals surface area contributed by atoms with Crippen LogP contribution < -0.4 is 9.80 Å². The molecule has 0 unspecified atom stereocenters. The molecule has 0 aliphatic carbocycles. The average Bonchev–Trinajstić information content (AvgIpc) is 3.44. The highest BCUT2D eigenvalue weighted by atomic mass is 16.6. The number of carbonyl (C=O) groups excluding carboxylic acids is 2. The first kappa shape index (κ1) is 20.4. The Bertz CT molecular complexity index is 1160. The predicted octanol–water partition coefficient (Wildman–Crippen LogP) is 1.84. The zero-order valence-corrected chi connectivity index (χ0v) is 16.2. The highest BCUT2D eigenvalue weighted by Gasteiger charge is 2.23. The van der Waals surface area contributed by atoms with E-state index in [2.05, 4.69) is 9.97 Å². The lowest BCUT2D eigenvalue weighted by molar-refractivity contribution is -0.384. The van der Waals surface area contributed by atoms with Crippen molar-refractivity contribution in [2.75, 3.05) is 23.9 Å². The Morgan fingerprint density at radius 3 is 2.10 bits per heavy atom. The summed E-state index contributed by atoms with van der Waals surface area (Å²) in [5, 5.41) is 19.9. The predicted molar refractivity (Wildman–Crippen MR) is 106 cm³/mol. The largest absolute Gasteiger partial charge is 0.477 e. The molecular formula is C18H18N6O6. The van der Waals surface area contributed by atoms with Crippen molar-refractivity contribution in [1.29, 1.82) is 0 Å². The zero-order valence-electron chi connectivity index (χ0n) is 16.2. The van der Waals surface area contributed by atoms with Crippen LogP contribution in [0.15, 0.2) is 36.8 Å². The summed E-state index contributed by atoms with van der Waals surface area (Å²) in [5.41, 5.74) is 0.753. The summed E-state index contributed by atoms with van der Waals surface area (Å²) in [7, 11) is 4.52. The number of carbonyl (C=O) groups is 3. The van der Waals surface area contributed by atoms with Crippen molar-refractivity contribution in [3.8, 4) is 0 Å². The van der Waals surface area contributed by atoms with Gasteiger partial charge >= 0.3 is 5.97 Å². The third kappa shape index (κ3) is 3.65. The first-order valence-corrected chi connectivity index (χ1v) is 8.57. The van der Waals surface area contributed by atoms with Crippen molar-refractivity contribution in [3.05, 3.63) is 64.0 Å². The van der Waals surface area contributed by atoms with Gasteiger partial charge in [0.1, 0.15) is 17.1 Å². The molecule has 30 heavy (non-hydrogen) atoms. The quantitative estimate of drug-likeness (QED) is 0.412. The maximum atomic E-state index is 12.7. The molecule has 3 N–H and O–H groups in total. The van der Waals surface area contributed by atoms with Gasteiger partial charge in [0.15, 0.2) is 0 Å². The van der Waals surface area contributed by atoms with Crippen LogP contribution in [-0.4, -0.2) is 56.4 Å². The van der Waals surface area contributed by atoms with E-state index in [4.69, 9.17) is 5.11 Å². The van der Waals surface area contributed by atoms with Gasteiger partial charge in [0.25, 0.3) is 17.5 Å². The first-order chi connectivity index (χ1) is 14.1. The number of nitrogens with one attached hydrogen (secondary N) is 2. The second kappa shape index (κ2) is 7.58. The molecular weight excluding hydrogens is 396 g/mol. The number of aromatic carboxylic acids is 1. The van der Waals surface area contributed by atoms with Crippen LogP contribution in [-0.2, 0) is 7.05 Å². The fourth-order valence-corrected chi connectivity index (χ4v) is 2.85. The lowest BCUT2D eigenvalue weighted by atomic mass is 10.3. The maximum Gasteiger partial charge on any atom is 0.352 e. The molecule has 0 aromatic carbocycles. The standard InChI is InChI=1S/C18H18N6O6/c1-21-9-12(6-15(21)18(27)28)23(3)17(26)13-4-10(7-19-13)22(2)16(25)14-5-11(8-20-14)24(29)30/h4-9,19-20H,1-3H3,(H,27,28). The normalized spacial score (nSPS) is 10.6. The van der Waals surface area contributed by atoms with Crippen molar-refractivity contribution >= 4 is 34.8 Å². The van der Waals surface area contributed by atoms with Gasteiger partial charge in [-0.3, -0.25) is 19.7 Å². The van der Waals surface area contributed by atoms with Gasteiger partial charge < -0.3 is 29.4 Å². The molecule has 12 nitrogen and oxygen atoms in total. The molecule has 0 aliphatic heterocycles. The molecule has 3 rings (SSSR count). The molecule has 12 heteroatoms. The molecule has 0 bridgehead atoms. The highest BCUT2D eigenvalue weighted by Crippen LogP contribution is 2.22. The number of carboxylic acids is 1. The van der Waals surface area contributed by atoms with Gasteiger partial charge in [0.2, 0.25) is 0 Å². The van der Waals surface area contributed by atoms with E-state index in [-0.39, 0.29) is 22.8 Å². The minimum absolute atomic E-state index is 0.0286. The van der Waals surface area contributed by atoms with Crippen LogP contribution in [0.3, 0.4) is 0 Å². The van der Waals surface area contributed by atoms with E-state index in [1.54, 1.807) is 7.05 Å². The molecule has 156 valence electrons. The lowest BCUT2D eigenvalue weighted by Gasteiger charge is -2.15. The van der Waals surface area contributed by atoms with Gasteiger partial charge in [-0.25, -0.2) is 4.79 Å². The minimum atomic E-state index is -1.11. The van der Waals surface area contributed by atoms with E-state index in [1.807, 2.05) is 0 Å². The van der Waals surface area contributed by atoms with E-state index in [0.29, 0.717) is 11.4 Å². The monoisotopic (exact) mass is 414 g/mol. The fraction of sp³-hybridized carbons (Fsp3) is 0.167. The molecule has 0 saturated carbocycles. The number of carboxylic acid groups (broad SMARTS) is 1. The van der Waals surface area contributed by atoms with Crippen LogP contribution in [0.2, 0.25) is 0 Å². The summed E-state index contributed by atoms with van der Waals surface area (Å²) in [5.74, 6) is -2.08. The van der Waals surface area contributed by atoms with Crippen molar-refractivity contribution in [3.63, 3.8) is 0 Å². The molecule has 0 radical (unpaired) electrons. The molecule has 3 aromatic rings. The Kier molecular flexibility index (Phi) is 5.15. The summed E-state index contributed by atoms with van der Waals surface area (Å²) in [6.07, 6.45) is 4.08. The summed E-state index contributed by atoms with van der Waals surface area (Å²) < 4.78 is 1.39. The number of aryl methyl sites for hydroxylation is 1. The number of H-pyrrole nitrogens is 2. The fourth-order valence-electron chi connectivity index (χ4n) is 2.85. The number of amides is 2. The van der Waals surface area contributed by atoms with Gasteiger partial charge in [0.05, 0.1) is 22.5 Å². The van der Waals surface area contributed by atoms with Crippen LogP contribution in [0.4, 0.5) is 17.1 Å². The summed E-state index contributed by atoms with van der Waals surface area (Å²) in [6, 6.07) is 3.95. The van der Waals surface area contributed by atoms with Crippen molar-refractivity contribution in [1.82, 2.24) is 14.5 Å². The molecule has 3 heterocycles. The van der Waals surface area contributed by atoms with Gasteiger partial charge in [-0.15, -0.1) is 0 Å². The van der Waals surface area contributed by atoms with Gasteiger partial charge in [-0.1, -0.05) is 0 Å². The third-order valence-electron chi connectivity index (χ3n) is 4.60. The summed E-state index contributed by atoms with van der Waals surface area (Å²) in [4.78, 5) is 54.5. The van der Waals surface area contributed by atoms with Gasteiger partial charge in [-0.05, 0) is 12.1 Å². The zero-order chi connectivity index (χ0) is 22.2. The Balaban J connectivity index is 1.78. The Hall–Kier alpha value is -4.35. The number of aromatic nitrogens is 3. The second-order valence-corrected chi connectivity index (χ2v) is 6.53. The van der Waals surface area contributed by atoms with Crippen LogP contribution in [0, 0.1) is 10.1 Å². The lowest BCUT2D eigenvalue weighted by Crippen LogP contribution is -2.27. The summed E-state index contributed by atoms with van der Waals surface area (Å²) >= 11 is 0. The Labute approximate surface area is 169 Å². The highest BCUT2D eigenvalue weighted by molar-refractivity contribution is 6.08. The summed E-state index contributed by atoms with van der Waals surface area (Å²) in [6.45, 7) is 0. The number of anilines is 2. The first-order valence-electron chi connectivity index (χ1n) is 8.57. The Morgan fingerprint density at radius 1 is 1.00 bits per heavy atom. The molecule has 0 aliphatic rings. The number of hydrogen-bond donors (Lipinski definition) is 3. The van der Waals surface area contributed by atoms with Crippen molar-refractivity contribution < 1.29 is 24.4 Å². The van der Waals surface area contributed by atoms with Crippen molar-refractivity contribution in [2.45, 2.75) is 0 Å². The Morgan fingerprint density at radius 2 is 1.57 bits per heavy atom. The average molecular weight is 414 g/mol. The number of nitro groups is 1. The van der Waals surface area contributed by atoms with Crippen LogP contribution >= 0.6 is 0 Å². The van der Waals surface area contributed by atoms with E-state index < -0.39 is 22.7 Å². The van der Waals surface area contributed by atoms with Crippen LogP contribution in [0.5, 0.6) is 0 Å². The molecule has 0 spiro atoms. The molecule has 2 amide bonds. The number of nitrogens with zero attached hydrogens (tertiary/aromatic N) is 4. The van der Waals surface area contributed by atoms with Gasteiger partial charge in [-0.2, -0.15) is 0 Å². The van der Waals surface area contributed by atoms with E-state index in [1.165, 1.54) is 53.0 Å². The van der Waals surface area contributed by atoms with Crippen LogP contribution in [0.1, 0.15) is 31.5 Å². The van der Waals surface area contributed by atoms with E-state index in [9.17, 15) is 24.5 Å². The van der Waals surface area contributed by atoms with E-state index >= 15 is 0 Å². The number of rotatable bonds is 6. The van der Waals surface area contributed by atoms with Crippen LogP contribution in [0.25, 0.3) is 0 Å². The molecule has 3 aromatic heterocycles. The molecule has 0 fully saturated rings. The molecule has 0 atom stereocenters. The third-order valence-corrected chi connectivity index (χ3v) is 4.60. The van der Waals surface area contributed by atoms with Crippen molar-refractivity contribution in [2.24, 2.45) is 7.05 Å². The molecule has 0 saturated heterocycles. The van der Waals surface area contributed by atoms with Gasteiger partial charge in [0, 0.05) is 39.6 Å². The van der Waals surface area contributed by atoms with E-state index in [0.717, 1.165) is 12.3 Å². The second-order valence-electron chi connectivity index (χ2n) is 6.53.